The molecule has 1 aromatic rings. The number of nitrogens with one attached hydrogen (secondary N) is 1. The maximum absolute atomic E-state index is 11.6. The molecule has 2 rings (SSSR count). The lowest BCUT2D eigenvalue weighted by Crippen LogP contribution is -2.56. The van der Waals surface area contributed by atoms with Gasteiger partial charge < -0.3 is 9.32 Å². The van der Waals surface area contributed by atoms with E-state index in [1.54, 1.807) is 0 Å². The first-order valence-corrected chi connectivity index (χ1v) is 7.34. The molecule has 1 saturated carbocycles. The summed E-state index contributed by atoms with van der Waals surface area (Å²) in [5.41, 5.74) is 3.21. The van der Waals surface area contributed by atoms with E-state index in [9.17, 15) is 4.79 Å². The Hall–Kier alpha value is -1.37. The van der Waals surface area contributed by atoms with Gasteiger partial charge in [-0.1, -0.05) is 0 Å². The fourth-order valence-electron chi connectivity index (χ4n) is 3.07. The Morgan fingerprint density at radius 2 is 2.10 bits per heavy atom. The predicted octanol–water partition coefficient (Wildman–Crippen LogP) is 1.11. The predicted molar refractivity (Wildman–Crippen MR) is 81.7 cm³/mol. The molecule has 6 heteroatoms. The first-order chi connectivity index (χ1) is 9.88. The summed E-state index contributed by atoms with van der Waals surface area (Å²) in [6.45, 7) is 3.54. The van der Waals surface area contributed by atoms with Crippen molar-refractivity contribution in [1.82, 2.24) is 15.2 Å². The van der Waals surface area contributed by atoms with Gasteiger partial charge in [-0.25, -0.2) is 5.84 Å². The highest BCUT2D eigenvalue weighted by atomic mass is 16.4. The van der Waals surface area contributed by atoms with Crippen LogP contribution in [0.25, 0.3) is 0 Å². The van der Waals surface area contributed by atoms with Crippen molar-refractivity contribution < 1.29 is 9.21 Å². The third-order valence-corrected chi connectivity index (χ3v) is 4.53. The average molecular weight is 294 g/mol. The molecule has 0 atom stereocenters. The Bertz CT molecular complexity index is 506. The number of carbonyl (C=O) groups excluding carboxylic acids is 1. The minimum Gasteiger partial charge on any atom is -0.454 e. The van der Waals surface area contributed by atoms with E-state index in [1.807, 2.05) is 13.0 Å². The van der Waals surface area contributed by atoms with Crippen LogP contribution in [-0.2, 0) is 6.54 Å². The highest BCUT2D eigenvalue weighted by molar-refractivity contribution is 5.92. The highest BCUT2D eigenvalue weighted by Gasteiger charge is 2.39. The summed E-state index contributed by atoms with van der Waals surface area (Å²) in [6.07, 6.45) is 3.78. The van der Waals surface area contributed by atoms with Gasteiger partial charge in [0.05, 0.1) is 6.54 Å². The van der Waals surface area contributed by atoms with E-state index in [0.717, 1.165) is 17.9 Å². The summed E-state index contributed by atoms with van der Waals surface area (Å²) in [5, 5.41) is 0. The minimum atomic E-state index is -0.384. The SMILES string of the molecule is Cc1cc(CN(C)CC2(N(C)C)CCC2)oc1C(=O)NN. The molecule has 6 nitrogen and oxygen atoms in total. The number of furan rings is 1. The molecule has 1 heterocycles. The standard InChI is InChI=1S/C15H26N4O2/c1-11-8-12(21-13(11)14(20)17-16)9-19(4)10-15(18(2)3)6-5-7-15/h8H,5-7,9-10,16H2,1-4H3,(H,17,20). The molecule has 0 spiro atoms. The van der Waals surface area contributed by atoms with Crippen LogP contribution >= 0.6 is 0 Å². The van der Waals surface area contributed by atoms with Gasteiger partial charge in [-0.05, 0) is 53.4 Å². The average Bonchev–Trinajstić information content (AvgIpc) is 2.73. The molecule has 0 aliphatic heterocycles. The largest absolute Gasteiger partial charge is 0.454 e. The maximum Gasteiger partial charge on any atom is 0.301 e. The molecule has 1 fully saturated rings. The quantitative estimate of drug-likeness (QED) is 0.467. The van der Waals surface area contributed by atoms with Crippen LogP contribution in [0, 0.1) is 6.92 Å². The smallest absolute Gasteiger partial charge is 0.301 e. The molecule has 1 aliphatic carbocycles. The monoisotopic (exact) mass is 294 g/mol. The van der Waals surface area contributed by atoms with E-state index in [4.69, 9.17) is 10.3 Å². The topological polar surface area (TPSA) is 74.7 Å². The third-order valence-electron chi connectivity index (χ3n) is 4.53. The molecule has 3 N–H and O–H groups in total. The number of nitrogens with two attached hydrogens (primary N) is 1. The molecule has 0 bridgehead atoms. The lowest BCUT2D eigenvalue weighted by atomic mass is 9.75. The second-order valence-corrected chi connectivity index (χ2v) is 6.34. The van der Waals surface area contributed by atoms with Crippen molar-refractivity contribution in [2.24, 2.45) is 5.84 Å². The number of carbonyl (C=O) groups is 1. The molecular formula is C15H26N4O2. The van der Waals surface area contributed by atoms with Crippen molar-refractivity contribution in [2.75, 3.05) is 27.7 Å². The zero-order valence-electron chi connectivity index (χ0n) is 13.4. The van der Waals surface area contributed by atoms with Gasteiger partial charge in [-0.2, -0.15) is 0 Å². The Kier molecular flexibility index (Phi) is 4.70. The molecule has 1 aromatic heterocycles. The fraction of sp³-hybridized carbons (Fsp3) is 0.667. The number of likely N-dealkylation sites (N-methyl/N-ethyl adjacent to an activating group) is 2. The van der Waals surface area contributed by atoms with Crippen LogP contribution in [0.2, 0.25) is 0 Å². The van der Waals surface area contributed by atoms with Crippen LogP contribution < -0.4 is 11.3 Å². The Morgan fingerprint density at radius 3 is 2.57 bits per heavy atom. The zero-order valence-corrected chi connectivity index (χ0v) is 13.4. The van der Waals surface area contributed by atoms with E-state index in [1.165, 1.54) is 19.3 Å². The highest BCUT2D eigenvalue weighted by Crippen LogP contribution is 2.36. The molecular weight excluding hydrogens is 268 g/mol. The van der Waals surface area contributed by atoms with Gasteiger partial charge in [0, 0.05) is 17.6 Å². The maximum atomic E-state index is 11.6. The molecule has 21 heavy (non-hydrogen) atoms. The molecule has 0 saturated heterocycles. The molecule has 1 amide bonds. The molecule has 118 valence electrons. The second kappa shape index (κ2) is 6.17. The van der Waals surface area contributed by atoms with Crippen LogP contribution in [0.1, 0.15) is 41.1 Å². The lowest BCUT2D eigenvalue weighted by molar-refractivity contribution is 0.0243. The number of nitrogens with zero attached hydrogens (tertiary/aromatic N) is 2. The summed E-state index contributed by atoms with van der Waals surface area (Å²) in [6, 6.07) is 1.91. The molecule has 1 aliphatic rings. The van der Waals surface area contributed by atoms with E-state index in [2.05, 4.69) is 36.4 Å². The number of rotatable bonds is 6. The van der Waals surface area contributed by atoms with Gasteiger partial charge in [0.15, 0.2) is 5.76 Å². The van der Waals surface area contributed by atoms with Gasteiger partial charge in [0.1, 0.15) is 5.76 Å². The van der Waals surface area contributed by atoms with Crippen molar-refractivity contribution in [3.8, 4) is 0 Å². The van der Waals surface area contributed by atoms with Crippen LogP contribution in [0.5, 0.6) is 0 Å². The van der Waals surface area contributed by atoms with Crippen LogP contribution in [0.4, 0.5) is 0 Å². The van der Waals surface area contributed by atoms with Crippen molar-refractivity contribution >= 4 is 5.91 Å². The number of hydrazine groups is 1. The number of amides is 1. The number of hydrogen-bond acceptors (Lipinski definition) is 5. The number of aryl methyl sites for hydroxylation is 1. The van der Waals surface area contributed by atoms with E-state index < -0.39 is 0 Å². The summed E-state index contributed by atoms with van der Waals surface area (Å²) in [7, 11) is 6.38. The first-order valence-electron chi connectivity index (χ1n) is 7.34. The molecule has 0 aromatic carbocycles. The molecule has 0 radical (unpaired) electrons. The lowest BCUT2D eigenvalue weighted by Gasteiger charge is -2.49. The van der Waals surface area contributed by atoms with E-state index in [-0.39, 0.29) is 11.4 Å². The number of nitrogen functional groups attached to an aromatic ring is 1. The summed E-state index contributed by atoms with van der Waals surface area (Å²) in [5.74, 6) is 5.86. The third kappa shape index (κ3) is 3.28. The van der Waals surface area contributed by atoms with Gasteiger partial charge in [-0.15, -0.1) is 0 Å². The first kappa shape index (κ1) is 16.0. The van der Waals surface area contributed by atoms with Gasteiger partial charge in [-0.3, -0.25) is 15.1 Å². The van der Waals surface area contributed by atoms with Crippen molar-refractivity contribution in [2.45, 2.75) is 38.3 Å². The van der Waals surface area contributed by atoms with Crippen LogP contribution in [0.15, 0.2) is 10.5 Å². The Labute approximate surface area is 126 Å². The van der Waals surface area contributed by atoms with Gasteiger partial charge in [0.2, 0.25) is 0 Å². The fourth-order valence-corrected chi connectivity index (χ4v) is 3.07. The van der Waals surface area contributed by atoms with Gasteiger partial charge in [0.25, 0.3) is 0 Å². The Balaban J connectivity index is 2.00. The van der Waals surface area contributed by atoms with Gasteiger partial charge >= 0.3 is 5.91 Å². The second-order valence-electron chi connectivity index (χ2n) is 6.34. The molecule has 0 unspecified atom stereocenters. The van der Waals surface area contributed by atoms with Crippen molar-refractivity contribution in [1.29, 1.82) is 0 Å². The van der Waals surface area contributed by atoms with E-state index >= 15 is 0 Å². The normalized spacial score (nSPS) is 17.1. The van der Waals surface area contributed by atoms with Crippen molar-refractivity contribution in [3.63, 3.8) is 0 Å². The zero-order chi connectivity index (χ0) is 15.6. The summed E-state index contributed by atoms with van der Waals surface area (Å²) < 4.78 is 5.62. The van der Waals surface area contributed by atoms with Crippen LogP contribution in [-0.4, -0.2) is 48.9 Å². The summed E-state index contributed by atoms with van der Waals surface area (Å²) in [4.78, 5) is 16.1. The minimum absolute atomic E-state index is 0.286. The van der Waals surface area contributed by atoms with E-state index in [0.29, 0.717) is 12.3 Å². The Morgan fingerprint density at radius 1 is 1.43 bits per heavy atom. The number of hydrogen-bond donors (Lipinski definition) is 2. The summed E-state index contributed by atoms with van der Waals surface area (Å²) >= 11 is 0. The van der Waals surface area contributed by atoms with Crippen LogP contribution in [0.3, 0.4) is 0 Å². The van der Waals surface area contributed by atoms with Crippen molar-refractivity contribution in [3.05, 3.63) is 23.2 Å².